The Morgan fingerprint density at radius 3 is 2.91 bits per heavy atom. The maximum absolute atomic E-state index is 12.0. The molecule has 0 fully saturated rings. The van der Waals surface area contributed by atoms with E-state index < -0.39 is 0 Å². The molecule has 0 atom stereocenters. The number of aryl methyl sites for hydroxylation is 1. The number of hydrogen-bond acceptors (Lipinski definition) is 4. The van der Waals surface area contributed by atoms with Gasteiger partial charge < -0.3 is 9.88 Å². The number of H-pyrrole nitrogens is 1. The number of amides is 1. The summed E-state index contributed by atoms with van der Waals surface area (Å²) in [6, 6.07) is 9.69. The maximum Gasteiger partial charge on any atom is 0.240 e. The minimum absolute atomic E-state index is 0.0876. The van der Waals surface area contributed by atoms with Gasteiger partial charge in [0.2, 0.25) is 5.91 Å². The van der Waals surface area contributed by atoms with Crippen LogP contribution in [0, 0.1) is 0 Å². The number of nitrogens with zero attached hydrogens (tertiary/aromatic N) is 4. The van der Waals surface area contributed by atoms with Gasteiger partial charge in [0.05, 0.1) is 6.54 Å². The summed E-state index contributed by atoms with van der Waals surface area (Å²) >= 11 is 0. The van der Waals surface area contributed by atoms with Crippen LogP contribution >= 0.6 is 0 Å². The van der Waals surface area contributed by atoms with Gasteiger partial charge in [0.15, 0.2) is 5.82 Å². The van der Waals surface area contributed by atoms with Crippen molar-refractivity contribution in [1.29, 1.82) is 0 Å². The Hall–Kier alpha value is -2.96. The first-order chi connectivity index (χ1) is 11.3. The predicted octanol–water partition coefficient (Wildman–Crippen LogP) is 1.55. The van der Waals surface area contributed by atoms with Gasteiger partial charge in [-0.1, -0.05) is 37.3 Å². The maximum atomic E-state index is 12.0. The molecule has 23 heavy (non-hydrogen) atoms. The molecule has 0 radical (unpaired) electrons. The van der Waals surface area contributed by atoms with Gasteiger partial charge >= 0.3 is 0 Å². The van der Waals surface area contributed by atoms with E-state index in [1.807, 2.05) is 41.8 Å². The van der Waals surface area contributed by atoms with Gasteiger partial charge in [-0.25, -0.2) is 9.97 Å². The van der Waals surface area contributed by atoms with Crippen molar-refractivity contribution in [3.05, 3.63) is 54.4 Å². The summed E-state index contributed by atoms with van der Waals surface area (Å²) in [6.45, 7) is 2.58. The molecule has 7 heteroatoms. The largest absolute Gasteiger partial charge is 0.347 e. The summed E-state index contributed by atoms with van der Waals surface area (Å²) in [4.78, 5) is 20.6. The zero-order valence-corrected chi connectivity index (χ0v) is 12.9. The average Bonchev–Trinajstić information content (AvgIpc) is 3.23. The van der Waals surface area contributed by atoms with Crippen LogP contribution < -0.4 is 5.32 Å². The molecule has 0 bridgehead atoms. The number of carbonyl (C=O) groups excluding carboxylic acids is 1. The fraction of sp³-hybridized carbons (Fsp3) is 0.250. The molecule has 118 valence electrons. The Kier molecular flexibility index (Phi) is 4.46. The van der Waals surface area contributed by atoms with Crippen molar-refractivity contribution in [3.63, 3.8) is 0 Å². The van der Waals surface area contributed by atoms with Crippen LogP contribution in [0.25, 0.3) is 11.4 Å². The fourth-order valence-corrected chi connectivity index (χ4v) is 2.28. The Morgan fingerprint density at radius 2 is 2.13 bits per heavy atom. The zero-order chi connectivity index (χ0) is 16.1. The van der Waals surface area contributed by atoms with Crippen molar-refractivity contribution in [1.82, 2.24) is 30.0 Å². The lowest BCUT2D eigenvalue weighted by Gasteiger charge is -2.06. The summed E-state index contributed by atoms with van der Waals surface area (Å²) < 4.78 is 1.84. The van der Waals surface area contributed by atoms with E-state index in [1.165, 1.54) is 0 Å². The van der Waals surface area contributed by atoms with E-state index in [-0.39, 0.29) is 12.5 Å². The highest BCUT2D eigenvalue weighted by Crippen LogP contribution is 2.13. The molecule has 7 nitrogen and oxygen atoms in total. The number of aromatic nitrogens is 5. The third kappa shape index (κ3) is 3.63. The van der Waals surface area contributed by atoms with Crippen molar-refractivity contribution in [2.45, 2.75) is 26.4 Å². The predicted molar refractivity (Wildman–Crippen MR) is 85.3 cm³/mol. The van der Waals surface area contributed by atoms with E-state index in [0.29, 0.717) is 18.2 Å². The van der Waals surface area contributed by atoms with Gasteiger partial charge in [-0.15, -0.1) is 0 Å². The number of benzene rings is 1. The molecule has 3 rings (SSSR count). The average molecular weight is 310 g/mol. The Balaban J connectivity index is 1.56. The van der Waals surface area contributed by atoms with Gasteiger partial charge in [0.25, 0.3) is 0 Å². The molecule has 0 aliphatic carbocycles. The first-order valence-electron chi connectivity index (χ1n) is 7.49. The molecule has 1 aromatic carbocycles. The number of rotatable bonds is 6. The van der Waals surface area contributed by atoms with Crippen molar-refractivity contribution >= 4 is 5.91 Å². The van der Waals surface area contributed by atoms with Crippen molar-refractivity contribution in [3.8, 4) is 11.4 Å². The summed E-state index contributed by atoms with van der Waals surface area (Å²) in [5.41, 5.74) is 0.937. The SMILES string of the molecule is CCc1nccn1CC(=O)NCc1nc(-c2ccccc2)n[nH]1. The highest BCUT2D eigenvalue weighted by Gasteiger charge is 2.09. The molecular formula is C16H18N6O. The van der Waals surface area contributed by atoms with Gasteiger partial charge in [-0.2, -0.15) is 5.10 Å². The Morgan fingerprint density at radius 1 is 1.30 bits per heavy atom. The molecule has 1 amide bonds. The molecule has 0 saturated heterocycles. The van der Waals surface area contributed by atoms with Crippen LogP contribution in [0.5, 0.6) is 0 Å². The van der Waals surface area contributed by atoms with Crippen LogP contribution in [0.2, 0.25) is 0 Å². The molecule has 3 aromatic rings. The molecular weight excluding hydrogens is 292 g/mol. The van der Waals surface area contributed by atoms with E-state index in [4.69, 9.17) is 0 Å². The van der Waals surface area contributed by atoms with Crippen LogP contribution in [0.3, 0.4) is 0 Å². The van der Waals surface area contributed by atoms with Crippen LogP contribution in [-0.2, 0) is 24.3 Å². The van der Waals surface area contributed by atoms with Gasteiger partial charge in [0, 0.05) is 24.4 Å². The summed E-state index contributed by atoms with van der Waals surface area (Å²) in [5.74, 6) is 2.05. The molecule has 0 aliphatic heterocycles. The molecule has 0 unspecified atom stereocenters. The lowest BCUT2D eigenvalue weighted by atomic mass is 10.2. The number of aromatic amines is 1. The molecule has 2 N–H and O–H groups in total. The van der Waals surface area contributed by atoms with Crippen LogP contribution in [-0.4, -0.2) is 30.6 Å². The van der Waals surface area contributed by atoms with Crippen molar-refractivity contribution < 1.29 is 4.79 Å². The van der Waals surface area contributed by atoms with Crippen molar-refractivity contribution in [2.24, 2.45) is 0 Å². The standard InChI is InChI=1S/C16H18N6O/c1-2-14-17-8-9-22(14)11-15(23)18-10-13-19-16(21-20-13)12-6-4-3-5-7-12/h3-9H,2,10-11H2,1H3,(H,18,23)(H,19,20,21). The van der Waals surface area contributed by atoms with E-state index in [0.717, 1.165) is 17.8 Å². The molecule has 2 heterocycles. The van der Waals surface area contributed by atoms with Gasteiger partial charge in [-0.05, 0) is 0 Å². The lowest BCUT2D eigenvalue weighted by Crippen LogP contribution is -2.28. The topological polar surface area (TPSA) is 88.5 Å². The van der Waals surface area contributed by atoms with E-state index >= 15 is 0 Å². The molecule has 0 aliphatic rings. The smallest absolute Gasteiger partial charge is 0.240 e. The number of nitrogens with one attached hydrogen (secondary N) is 2. The van der Waals surface area contributed by atoms with E-state index in [1.54, 1.807) is 12.4 Å². The molecule has 2 aromatic heterocycles. The summed E-state index contributed by atoms with van der Waals surface area (Å²) in [7, 11) is 0. The Bertz CT molecular complexity index is 777. The first-order valence-corrected chi connectivity index (χ1v) is 7.49. The van der Waals surface area contributed by atoms with Gasteiger partial charge in [0.1, 0.15) is 18.2 Å². The second-order valence-corrected chi connectivity index (χ2v) is 5.07. The third-order valence-electron chi connectivity index (χ3n) is 3.45. The summed E-state index contributed by atoms with van der Waals surface area (Å²) in [6.07, 6.45) is 4.30. The Labute approximate surface area is 133 Å². The highest BCUT2D eigenvalue weighted by atomic mass is 16.1. The van der Waals surface area contributed by atoms with E-state index in [2.05, 4.69) is 25.5 Å². The lowest BCUT2D eigenvalue weighted by molar-refractivity contribution is -0.121. The first kappa shape index (κ1) is 15.0. The third-order valence-corrected chi connectivity index (χ3v) is 3.45. The fourth-order valence-electron chi connectivity index (χ4n) is 2.28. The minimum Gasteiger partial charge on any atom is -0.347 e. The van der Waals surface area contributed by atoms with Crippen LogP contribution in [0.1, 0.15) is 18.6 Å². The second-order valence-electron chi connectivity index (χ2n) is 5.07. The quantitative estimate of drug-likeness (QED) is 0.723. The second kappa shape index (κ2) is 6.87. The number of imidazole rings is 1. The monoisotopic (exact) mass is 310 g/mol. The minimum atomic E-state index is -0.0876. The molecule has 0 spiro atoms. The number of carbonyl (C=O) groups is 1. The highest BCUT2D eigenvalue weighted by molar-refractivity contribution is 5.75. The zero-order valence-electron chi connectivity index (χ0n) is 12.9. The number of hydrogen-bond donors (Lipinski definition) is 2. The van der Waals surface area contributed by atoms with Crippen LogP contribution in [0.4, 0.5) is 0 Å². The summed E-state index contributed by atoms with van der Waals surface area (Å²) in [5, 5.41) is 9.84. The van der Waals surface area contributed by atoms with Crippen LogP contribution in [0.15, 0.2) is 42.7 Å². The van der Waals surface area contributed by atoms with Crippen molar-refractivity contribution in [2.75, 3.05) is 0 Å². The molecule has 0 saturated carbocycles. The van der Waals surface area contributed by atoms with Gasteiger partial charge in [-0.3, -0.25) is 9.89 Å². The van der Waals surface area contributed by atoms with E-state index in [9.17, 15) is 4.79 Å². The normalized spacial score (nSPS) is 10.7.